The van der Waals surface area contributed by atoms with Crippen LogP contribution >= 0.6 is 9.90 Å². The summed E-state index contributed by atoms with van der Waals surface area (Å²) in [5, 5.41) is 0. The van der Waals surface area contributed by atoms with Crippen LogP contribution in [-0.4, -0.2) is 32.9 Å². The predicted molar refractivity (Wildman–Crippen MR) is 27.8 cm³/mol. The van der Waals surface area contributed by atoms with Crippen LogP contribution < -0.4 is 0 Å². The minimum Gasteiger partial charge on any atom is -0.870 e. The zero-order valence-electron chi connectivity index (χ0n) is 4.13. The normalized spacial score (nSPS) is 0. The third-order valence-corrected chi connectivity index (χ3v) is 0. The molecule has 0 spiro atoms. The van der Waals surface area contributed by atoms with Gasteiger partial charge in [-0.05, 0) is 0 Å². The van der Waals surface area contributed by atoms with Crippen LogP contribution in [0, 0.1) is 35.6 Å². The fourth-order valence-corrected chi connectivity index (χ4v) is 0. The summed E-state index contributed by atoms with van der Waals surface area (Å²) in [5.41, 5.74) is 0. The van der Waals surface area contributed by atoms with Crippen molar-refractivity contribution in [1.82, 2.24) is 0 Å². The Morgan fingerprint density at radius 1 is 0.500 bits per heavy atom. The van der Waals surface area contributed by atoms with Gasteiger partial charge in [0.15, 0.2) is 0 Å². The minimum atomic E-state index is 0. The summed E-state index contributed by atoms with van der Waals surface area (Å²) in [4.78, 5) is 0. The molecule has 0 aromatic rings. The summed E-state index contributed by atoms with van der Waals surface area (Å²) in [6.45, 7) is 0. The Balaban J connectivity index is 0. The van der Waals surface area contributed by atoms with Crippen molar-refractivity contribution >= 4 is 9.90 Å². The topological polar surface area (TPSA) is 184 Å². The molecule has 0 rings (SSSR count). The van der Waals surface area contributed by atoms with Crippen LogP contribution in [-0.2, 0) is 0 Å². The van der Waals surface area contributed by atoms with E-state index in [0.29, 0.717) is 0 Å². The fourth-order valence-electron chi connectivity index (χ4n) is 0. The van der Waals surface area contributed by atoms with Crippen LogP contribution in [0.25, 0.3) is 0 Å². The maximum atomic E-state index is 0. The standard InChI is InChI=1S/La.6H2O.H3P/h;6*1H2;1H3/q+3;;;;;;;/p-3. The second kappa shape index (κ2) is 238. The molecule has 0 radical (unpaired) electrons. The Labute approximate surface area is 78.1 Å². The van der Waals surface area contributed by atoms with Gasteiger partial charge in [-0.15, -0.1) is 0 Å². The quantitative estimate of drug-likeness (QED) is 0.429. The van der Waals surface area contributed by atoms with Crippen molar-refractivity contribution < 1.29 is 68.5 Å². The second-order valence-electron chi connectivity index (χ2n) is 0. The summed E-state index contributed by atoms with van der Waals surface area (Å²) in [6.07, 6.45) is 0. The molecule has 0 bridgehead atoms. The van der Waals surface area contributed by atoms with Crippen LogP contribution in [0.1, 0.15) is 0 Å². The van der Waals surface area contributed by atoms with E-state index in [2.05, 4.69) is 0 Å². The Bertz CT molecular complexity index is 8.49. The Kier molecular flexibility index (Phi) is 10300. The van der Waals surface area contributed by atoms with E-state index in [0.717, 1.165) is 0 Å². The van der Waals surface area contributed by atoms with Crippen molar-refractivity contribution in [1.29, 1.82) is 0 Å². The molecule has 0 fully saturated rings. The molecule has 0 aliphatic rings. The molecule has 0 aromatic carbocycles. The summed E-state index contributed by atoms with van der Waals surface area (Å²) in [6, 6.07) is 0. The summed E-state index contributed by atoms with van der Waals surface area (Å²) in [5.74, 6) is 0. The van der Waals surface area contributed by atoms with Gasteiger partial charge >= 0.3 is 35.6 Å². The van der Waals surface area contributed by atoms with Gasteiger partial charge in [0, 0.05) is 0 Å². The maximum Gasteiger partial charge on any atom is 3.00 e. The molecule has 0 aliphatic heterocycles. The van der Waals surface area contributed by atoms with Gasteiger partial charge in [0.25, 0.3) is 0 Å². The van der Waals surface area contributed by atoms with E-state index in [1.165, 1.54) is 0 Å². The smallest absolute Gasteiger partial charge is 0.870 e. The zero-order valence-corrected chi connectivity index (χ0v) is 9.17. The molecule has 56 valence electrons. The first-order valence-electron chi connectivity index (χ1n) is 0. The minimum absolute atomic E-state index is 0. The first kappa shape index (κ1) is 344. The van der Waals surface area contributed by atoms with Gasteiger partial charge in [-0.25, -0.2) is 0 Å². The van der Waals surface area contributed by atoms with Crippen LogP contribution in [0.4, 0.5) is 0 Å². The van der Waals surface area contributed by atoms with Gasteiger partial charge in [-0.2, -0.15) is 9.90 Å². The molecule has 0 heterocycles. The molecule has 9 N–H and O–H groups in total. The number of hydrogen-bond donors (Lipinski definition) is 0. The van der Waals surface area contributed by atoms with E-state index in [9.17, 15) is 0 Å². The first-order chi connectivity index (χ1) is 0. The van der Waals surface area contributed by atoms with Gasteiger partial charge in [0.2, 0.25) is 0 Å². The molecule has 0 saturated heterocycles. The van der Waals surface area contributed by atoms with Crippen LogP contribution in [0.2, 0.25) is 0 Å². The monoisotopic (exact) mass is 278 g/mol. The molecule has 0 amide bonds. The van der Waals surface area contributed by atoms with Crippen molar-refractivity contribution in [2.75, 3.05) is 0 Å². The molecule has 1 unspecified atom stereocenters. The molecule has 0 aliphatic carbocycles. The molecule has 0 aromatic heterocycles. The molecule has 1 atom stereocenters. The second-order valence-corrected chi connectivity index (χ2v) is 0. The molecule has 0 saturated carbocycles. The molecule has 8 heteroatoms. The van der Waals surface area contributed by atoms with E-state index >= 15 is 0 Å². The molecular weight excluding hydrogens is 266 g/mol. The van der Waals surface area contributed by atoms with Gasteiger partial charge in [-0.3, -0.25) is 0 Å². The van der Waals surface area contributed by atoms with E-state index in [-0.39, 0.29) is 78.4 Å². The SMILES string of the molecule is O.O.O.P.[La+3].[OH-].[OH-].[OH-]. The van der Waals surface area contributed by atoms with Crippen molar-refractivity contribution in [2.45, 2.75) is 0 Å². The maximum absolute atomic E-state index is 0. The van der Waals surface area contributed by atoms with Crippen molar-refractivity contribution in [3.63, 3.8) is 0 Å². The number of rotatable bonds is 0. The third-order valence-electron chi connectivity index (χ3n) is 0. The van der Waals surface area contributed by atoms with Crippen molar-refractivity contribution in [3.05, 3.63) is 0 Å². The Hall–Kier alpha value is 1.38. The van der Waals surface area contributed by atoms with E-state index in [1.54, 1.807) is 0 Å². The van der Waals surface area contributed by atoms with Crippen LogP contribution in [0.3, 0.4) is 0 Å². The summed E-state index contributed by atoms with van der Waals surface area (Å²) >= 11 is 0. The first-order valence-corrected chi connectivity index (χ1v) is 0. The van der Waals surface area contributed by atoms with Crippen LogP contribution in [0.5, 0.6) is 0 Å². The average Bonchev–Trinajstić information content (AvgIpc) is 0. The van der Waals surface area contributed by atoms with E-state index < -0.39 is 0 Å². The van der Waals surface area contributed by atoms with Gasteiger partial charge in [0.1, 0.15) is 0 Å². The summed E-state index contributed by atoms with van der Waals surface area (Å²) < 4.78 is 0. The van der Waals surface area contributed by atoms with E-state index in [4.69, 9.17) is 0 Å². The third kappa shape index (κ3) is 157. The predicted octanol–water partition coefficient (Wildman–Crippen LogP) is -2.95. The van der Waals surface area contributed by atoms with E-state index in [1.807, 2.05) is 0 Å². The average molecular weight is 278 g/mol. The van der Waals surface area contributed by atoms with Crippen LogP contribution in [0.15, 0.2) is 0 Å². The van der Waals surface area contributed by atoms with Gasteiger partial charge in [0.05, 0.1) is 0 Å². The van der Waals surface area contributed by atoms with Crippen molar-refractivity contribution in [3.8, 4) is 0 Å². The molecule has 8 heavy (non-hydrogen) atoms. The largest absolute Gasteiger partial charge is 3.00 e. The van der Waals surface area contributed by atoms with Gasteiger partial charge < -0.3 is 32.9 Å². The molecular formula is H12LaO6P. The Morgan fingerprint density at radius 3 is 0.500 bits per heavy atom. The zero-order chi connectivity index (χ0) is 0. The fraction of sp³-hybridized carbons (Fsp3) is 0. The Morgan fingerprint density at radius 2 is 0.500 bits per heavy atom. The van der Waals surface area contributed by atoms with Gasteiger partial charge in [-0.1, -0.05) is 0 Å². The molecule has 6 nitrogen and oxygen atoms in total. The summed E-state index contributed by atoms with van der Waals surface area (Å²) in [7, 11) is 0. The number of hydrogen-bond acceptors (Lipinski definition) is 3. The van der Waals surface area contributed by atoms with Crippen molar-refractivity contribution in [2.24, 2.45) is 0 Å².